The maximum atomic E-state index is 5.20. The third-order valence-electron chi connectivity index (χ3n) is 1.01. The summed E-state index contributed by atoms with van der Waals surface area (Å²) in [5.41, 5.74) is 6.14. The molecule has 1 heterocycles. The molecular formula is C6H10N2O2. The van der Waals surface area contributed by atoms with Crippen LogP contribution in [0.1, 0.15) is 5.56 Å². The summed E-state index contributed by atoms with van der Waals surface area (Å²) in [5.74, 6) is 0. The topological polar surface area (TPSA) is 61.3 Å². The van der Waals surface area contributed by atoms with Crippen LogP contribution in [-0.4, -0.2) is 18.3 Å². The van der Waals surface area contributed by atoms with Gasteiger partial charge in [-0.2, -0.15) is 0 Å². The van der Waals surface area contributed by atoms with Gasteiger partial charge in [-0.05, 0) is 0 Å². The van der Waals surface area contributed by atoms with E-state index in [2.05, 4.69) is 9.68 Å². The normalized spacial score (nSPS) is 10.1. The second kappa shape index (κ2) is 4.03. The first kappa shape index (κ1) is 7.24. The molecule has 4 heteroatoms. The first-order valence-corrected chi connectivity index (χ1v) is 3.09. The van der Waals surface area contributed by atoms with Gasteiger partial charge in [-0.3, -0.25) is 0 Å². The standard InChI is InChI=1S/C6H10N2O2/c7-1-2-9-4-6-3-8-10-5-6/h3,5H,1-2,4,7H2. The molecule has 10 heavy (non-hydrogen) atoms. The minimum absolute atomic E-state index is 0.528. The average molecular weight is 142 g/mol. The number of hydrogen-bond donors (Lipinski definition) is 1. The summed E-state index contributed by atoms with van der Waals surface area (Å²) in [6.45, 7) is 1.65. The molecule has 0 saturated carbocycles. The van der Waals surface area contributed by atoms with Crippen molar-refractivity contribution in [3.63, 3.8) is 0 Å². The van der Waals surface area contributed by atoms with Gasteiger partial charge in [0.1, 0.15) is 6.26 Å². The van der Waals surface area contributed by atoms with Crippen LogP contribution in [0.3, 0.4) is 0 Å². The Labute approximate surface area is 58.9 Å². The second-order valence-corrected chi connectivity index (χ2v) is 1.87. The summed E-state index contributed by atoms with van der Waals surface area (Å²) >= 11 is 0. The fourth-order valence-corrected chi connectivity index (χ4v) is 0.571. The van der Waals surface area contributed by atoms with E-state index in [1.54, 1.807) is 12.5 Å². The SMILES string of the molecule is NCCOCc1cnoc1. The van der Waals surface area contributed by atoms with Gasteiger partial charge in [-0.1, -0.05) is 5.16 Å². The van der Waals surface area contributed by atoms with Crippen LogP contribution in [0, 0.1) is 0 Å². The van der Waals surface area contributed by atoms with Crippen LogP contribution < -0.4 is 5.73 Å². The molecule has 0 amide bonds. The van der Waals surface area contributed by atoms with E-state index < -0.39 is 0 Å². The van der Waals surface area contributed by atoms with Crippen molar-refractivity contribution in [3.8, 4) is 0 Å². The molecule has 0 aromatic carbocycles. The van der Waals surface area contributed by atoms with Crippen LogP contribution in [0.25, 0.3) is 0 Å². The summed E-state index contributed by atoms with van der Waals surface area (Å²) in [6.07, 6.45) is 3.17. The monoisotopic (exact) mass is 142 g/mol. The van der Waals surface area contributed by atoms with E-state index in [-0.39, 0.29) is 0 Å². The summed E-state index contributed by atoms with van der Waals surface area (Å²) in [4.78, 5) is 0. The number of nitrogens with zero attached hydrogens (tertiary/aromatic N) is 1. The lowest BCUT2D eigenvalue weighted by molar-refractivity contribution is 0.128. The van der Waals surface area contributed by atoms with Crippen LogP contribution in [0.2, 0.25) is 0 Å². The number of aromatic nitrogens is 1. The van der Waals surface area contributed by atoms with Crippen LogP contribution in [0.5, 0.6) is 0 Å². The molecule has 0 aliphatic carbocycles. The smallest absolute Gasteiger partial charge is 0.129 e. The van der Waals surface area contributed by atoms with Crippen molar-refractivity contribution in [2.45, 2.75) is 6.61 Å². The molecule has 1 aromatic heterocycles. The number of hydrogen-bond acceptors (Lipinski definition) is 4. The van der Waals surface area contributed by atoms with Crippen molar-refractivity contribution >= 4 is 0 Å². The fraction of sp³-hybridized carbons (Fsp3) is 0.500. The Bertz CT molecular complexity index is 162. The fourth-order valence-electron chi connectivity index (χ4n) is 0.571. The minimum atomic E-state index is 0.528. The Morgan fingerprint density at radius 2 is 2.60 bits per heavy atom. The van der Waals surface area contributed by atoms with E-state index in [9.17, 15) is 0 Å². The average Bonchev–Trinajstić information content (AvgIpc) is 2.41. The summed E-state index contributed by atoms with van der Waals surface area (Å²) in [5, 5.41) is 3.51. The summed E-state index contributed by atoms with van der Waals surface area (Å²) < 4.78 is 9.69. The highest BCUT2D eigenvalue weighted by molar-refractivity contribution is 4.97. The van der Waals surface area contributed by atoms with Crippen molar-refractivity contribution in [1.29, 1.82) is 0 Å². The van der Waals surface area contributed by atoms with Gasteiger partial charge in [0.05, 0.1) is 19.4 Å². The Morgan fingerprint density at radius 3 is 3.20 bits per heavy atom. The van der Waals surface area contributed by atoms with E-state index in [0.29, 0.717) is 19.8 Å². The van der Waals surface area contributed by atoms with Gasteiger partial charge >= 0.3 is 0 Å². The Morgan fingerprint density at radius 1 is 1.70 bits per heavy atom. The molecule has 1 rings (SSSR count). The lowest BCUT2D eigenvalue weighted by atomic mass is 10.4. The van der Waals surface area contributed by atoms with Crippen LogP contribution >= 0.6 is 0 Å². The molecule has 4 nitrogen and oxygen atoms in total. The van der Waals surface area contributed by atoms with E-state index in [1.165, 1.54) is 0 Å². The molecule has 0 bridgehead atoms. The van der Waals surface area contributed by atoms with E-state index in [0.717, 1.165) is 5.56 Å². The van der Waals surface area contributed by atoms with Gasteiger partial charge in [-0.25, -0.2) is 0 Å². The molecule has 0 fully saturated rings. The van der Waals surface area contributed by atoms with Crippen molar-refractivity contribution < 1.29 is 9.26 Å². The number of nitrogens with two attached hydrogens (primary N) is 1. The predicted octanol–water partition coefficient (Wildman–Crippen LogP) is 0.150. The highest BCUT2D eigenvalue weighted by Crippen LogP contribution is 1.97. The summed E-state index contributed by atoms with van der Waals surface area (Å²) in [7, 11) is 0. The highest BCUT2D eigenvalue weighted by atomic mass is 16.5. The van der Waals surface area contributed by atoms with Gasteiger partial charge in [0.15, 0.2) is 0 Å². The highest BCUT2D eigenvalue weighted by Gasteiger charge is 1.93. The van der Waals surface area contributed by atoms with Gasteiger partial charge < -0.3 is 15.0 Å². The molecule has 0 atom stereocenters. The van der Waals surface area contributed by atoms with Crippen molar-refractivity contribution in [3.05, 3.63) is 18.0 Å². The Kier molecular flexibility index (Phi) is 2.92. The zero-order valence-electron chi connectivity index (χ0n) is 5.62. The second-order valence-electron chi connectivity index (χ2n) is 1.87. The van der Waals surface area contributed by atoms with Gasteiger partial charge in [0.2, 0.25) is 0 Å². The molecule has 56 valence electrons. The first-order valence-electron chi connectivity index (χ1n) is 3.09. The molecule has 2 N–H and O–H groups in total. The van der Waals surface area contributed by atoms with Crippen LogP contribution in [0.15, 0.2) is 17.0 Å². The Balaban J connectivity index is 2.15. The molecule has 0 aliphatic heterocycles. The quantitative estimate of drug-likeness (QED) is 0.608. The molecule has 0 aliphatic rings. The largest absolute Gasteiger partial charge is 0.375 e. The van der Waals surface area contributed by atoms with Gasteiger partial charge in [0, 0.05) is 12.1 Å². The Hall–Kier alpha value is -0.870. The summed E-state index contributed by atoms with van der Waals surface area (Å²) in [6, 6.07) is 0. The first-order chi connectivity index (χ1) is 4.93. The molecule has 0 radical (unpaired) electrons. The maximum Gasteiger partial charge on any atom is 0.129 e. The lowest BCUT2D eigenvalue weighted by Crippen LogP contribution is -2.07. The maximum absolute atomic E-state index is 5.20. The zero-order valence-corrected chi connectivity index (χ0v) is 5.62. The molecule has 1 aromatic rings. The minimum Gasteiger partial charge on any atom is -0.375 e. The molecule has 0 unspecified atom stereocenters. The molecule has 0 saturated heterocycles. The van der Waals surface area contributed by atoms with Crippen LogP contribution in [-0.2, 0) is 11.3 Å². The number of ether oxygens (including phenoxy) is 1. The van der Waals surface area contributed by atoms with Gasteiger partial charge in [-0.15, -0.1) is 0 Å². The van der Waals surface area contributed by atoms with Crippen molar-refractivity contribution in [1.82, 2.24) is 5.16 Å². The van der Waals surface area contributed by atoms with Crippen LogP contribution in [0.4, 0.5) is 0 Å². The van der Waals surface area contributed by atoms with Crippen molar-refractivity contribution in [2.75, 3.05) is 13.2 Å². The number of rotatable bonds is 4. The zero-order chi connectivity index (χ0) is 7.23. The lowest BCUT2D eigenvalue weighted by Gasteiger charge is -1.96. The van der Waals surface area contributed by atoms with E-state index in [1.807, 2.05) is 0 Å². The van der Waals surface area contributed by atoms with E-state index in [4.69, 9.17) is 10.5 Å². The van der Waals surface area contributed by atoms with E-state index >= 15 is 0 Å². The molecule has 0 spiro atoms. The van der Waals surface area contributed by atoms with Gasteiger partial charge in [0.25, 0.3) is 0 Å². The predicted molar refractivity (Wildman–Crippen MR) is 35.2 cm³/mol. The van der Waals surface area contributed by atoms with Crippen molar-refractivity contribution in [2.24, 2.45) is 5.73 Å². The third-order valence-corrected chi connectivity index (χ3v) is 1.01. The molecular weight excluding hydrogens is 132 g/mol. The third kappa shape index (κ3) is 2.16.